The quantitative estimate of drug-likeness (QED) is 0.307. The highest BCUT2D eigenvalue weighted by Gasteiger charge is 2.37. The molecule has 0 bridgehead atoms. The Morgan fingerprint density at radius 2 is 1.58 bits per heavy atom. The van der Waals surface area contributed by atoms with Gasteiger partial charge in [-0.2, -0.15) is 0 Å². The summed E-state index contributed by atoms with van der Waals surface area (Å²) in [6.45, 7) is 9.11. The molecular weight excluding hydrogens is 555 g/mol. The predicted molar refractivity (Wildman–Crippen MR) is 160 cm³/mol. The minimum atomic E-state index is -4.76. The molecule has 2 saturated heterocycles. The molecule has 3 aromatic rings. The van der Waals surface area contributed by atoms with Crippen molar-refractivity contribution in [1.29, 1.82) is 0 Å². The van der Waals surface area contributed by atoms with Crippen molar-refractivity contribution < 1.29 is 27.5 Å². The Bertz CT molecular complexity index is 1410. The van der Waals surface area contributed by atoms with Crippen molar-refractivity contribution in [2.24, 2.45) is 11.8 Å². The summed E-state index contributed by atoms with van der Waals surface area (Å²) in [4.78, 5) is 31.6. The van der Waals surface area contributed by atoms with Gasteiger partial charge in [0.25, 0.3) is 0 Å². The molecule has 0 aromatic heterocycles. The Balaban J connectivity index is 1.40. The number of nitrogens with zero attached hydrogens (tertiary/aromatic N) is 3. The lowest BCUT2D eigenvalue weighted by atomic mass is 9.89. The summed E-state index contributed by atoms with van der Waals surface area (Å²) in [5, 5.41) is 2.18. The summed E-state index contributed by atoms with van der Waals surface area (Å²) >= 11 is 0. The summed E-state index contributed by atoms with van der Waals surface area (Å²) in [7, 11) is 0. The smallest absolute Gasteiger partial charge is 0.406 e. The zero-order valence-electron chi connectivity index (χ0n) is 25.0. The number of piperidine rings is 1. The average molecular weight is 596 g/mol. The van der Waals surface area contributed by atoms with Crippen LogP contribution in [0.3, 0.4) is 0 Å². The van der Waals surface area contributed by atoms with Crippen molar-refractivity contribution in [3.63, 3.8) is 0 Å². The van der Waals surface area contributed by atoms with Crippen molar-refractivity contribution in [3.05, 3.63) is 77.9 Å². The lowest BCUT2D eigenvalue weighted by Gasteiger charge is -2.47. The lowest BCUT2D eigenvalue weighted by Crippen LogP contribution is -2.58. The lowest BCUT2D eigenvalue weighted by molar-refractivity contribution is -0.274. The van der Waals surface area contributed by atoms with Gasteiger partial charge < -0.3 is 14.5 Å². The number of carbonyl (C=O) groups is 2. The Morgan fingerprint density at radius 1 is 0.907 bits per heavy atom. The van der Waals surface area contributed by atoms with Gasteiger partial charge in [-0.25, -0.2) is 0 Å². The van der Waals surface area contributed by atoms with Crippen molar-refractivity contribution in [2.75, 3.05) is 32.7 Å². The third-order valence-corrected chi connectivity index (χ3v) is 8.98. The first-order chi connectivity index (χ1) is 20.5. The van der Waals surface area contributed by atoms with E-state index < -0.39 is 6.36 Å². The number of hydrogen-bond acceptors (Lipinski definition) is 4. The van der Waals surface area contributed by atoms with Crippen LogP contribution in [0.5, 0.6) is 5.75 Å². The fraction of sp³-hybridized carbons (Fsp3) is 0.471. The molecule has 3 aromatic carbocycles. The normalized spacial score (nSPS) is 19.6. The molecule has 2 fully saturated rings. The summed E-state index contributed by atoms with van der Waals surface area (Å²) in [5.41, 5.74) is 1.94. The average Bonchev–Trinajstić information content (AvgIpc) is 2.97. The second-order valence-corrected chi connectivity index (χ2v) is 12.1. The van der Waals surface area contributed by atoms with E-state index in [0.717, 1.165) is 34.7 Å². The maximum absolute atomic E-state index is 13.7. The SMILES string of the molecule is CC(=O)N1CCC(CC(=O)N2CCN(C(c3ccc(OC(F)(F)F)cc3)c3cccc4ccccc34)C[C@@H]2C(C)C)CC1. The minimum absolute atomic E-state index is 0.0103. The number of rotatable bonds is 7. The third-order valence-electron chi connectivity index (χ3n) is 8.98. The van der Waals surface area contributed by atoms with Gasteiger partial charge in [-0.1, -0.05) is 68.4 Å². The first kappa shape index (κ1) is 30.9. The second kappa shape index (κ2) is 13.0. The molecule has 0 spiro atoms. The van der Waals surface area contributed by atoms with Crippen LogP contribution in [0.1, 0.15) is 57.2 Å². The number of likely N-dealkylation sites (tertiary alicyclic amines) is 1. The number of amides is 2. The van der Waals surface area contributed by atoms with Crippen LogP contribution < -0.4 is 4.74 Å². The van der Waals surface area contributed by atoms with Gasteiger partial charge in [-0.05, 0) is 58.7 Å². The van der Waals surface area contributed by atoms with Crippen molar-refractivity contribution in [3.8, 4) is 5.75 Å². The molecule has 9 heteroatoms. The van der Waals surface area contributed by atoms with E-state index >= 15 is 0 Å². The maximum atomic E-state index is 13.7. The maximum Gasteiger partial charge on any atom is 0.573 e. The number of hydrogen-bond donors (Lipinski definition) is 0. The van der Waals surface area contributed by atoms with Gasteiger partial charge in [-0.3, -0.25) is 14.5 Å². The number of carbonyl (C=O) groups excluding carboxylic acids is 2. The molecule has 0 saturated carbocycles. The fourth-order valence-electron chi connectivity index (χ4n) is 6.69. The van der Waals surface area contributed by atoms with Crippen molar-refractivity contribution in [2.45, 2.75) is 58.5 Å². The number of fused-ring (bicyclic) bond motifs is 1. The Labute approximate surface area is 251 Å². The minimum Gasteiger partial charge on any atom is -0.406 e. The number of benzene rings is 3. The molecule has 2 aliphatic heterocycles. The second-order valence-electron chi connectivity index (χ2n) is 12.1. The Hall–Kier alpha value is -3.59. The van der Waals surface area contributed by atoms with E-state index in [1.807, 2.05) is 28.0 Å². The van der Waals surface area contributed by atoms with Gasteiger partial charge in [0.2, 0.25) is 11.8 Å². The first-order valence-corrected chi connectivity index (χ1v) is 15.1. The largest absolute Gasteiger partial charge is 0.573 e. The fourth-order valence-corrected chi connectivity index (χ4v) is 6.69. The zero-order valence-corrected chi connectivity index (χ0v) is 25.0. The molecule has 2 amide bonds. The monoisotopic (exact) mass is 595 g/mol. The topological polar surface area (TPSA) is 53.1 Å². The van der Waals surface area contributed by atoms with Gasteiger partial charge >= 0.3 is 6.36 Å². The summed E-state index contributed by atoms with van der Waals surface area (Å²) in [6.07, 6.45) is -2.58. The molecule has 2 heterocycles. The van der Waals surface area contributed by atoms with Gasteiger partial charge in [0.1, 0.15) is 5.75 Å². The van der Waals surface area contributed by atoms with Crippen LogP contribution in [0.2, 0.25) is 0 Å². The van der Waals surface area contributed by atoms with Gasteiger partial charge in [0.15, 0.2) is 0 Å². The van der Waals surface area contributed by atoms with Crippen molar-refractivity contribution in [1.82, 2.24) is 14.7 Å². The molecular formula is C34H40F3N3O3. The molecule has 6 nitrogen and oxygen atoms in total. The Kier molecular flexibility index (Phi) is 9.30. The van der Waals surface area contributed by atoms with E-state index in [9.17, 15) is 22.8 Å². The highest BCUT2D eigenvalue weighted by Crippen LogP contribution is 2.37. The van der Waals surface area contributed by atoms with Crippen LogP contribution in [0.4, 0.5) is 13.2 Å². The van der Waals surface area contributed by atoms with Crippen LogP contribution >= 0.6 is 0 Å². The standard InChI is InChI=1S/C34H40F3N3O3/c1-23(2)31-22-39(19-20-40(31)32(42)21-25-15-17-38(18-16-25)24(3)41)33(27-11-13-28(14-12-27)43-34(35,36)37)30-10-6-8-26-7-4-5-9-29(26)30/h4-14,23,25,31,33H,15-22H2,1-3H3/t31-,33?/m1/s1. The van der Waals surface area contributed by atoms with E-state index in [4.69, 9.17) is 0 Å². The van der Waals surface area contributed by atoms with Crippen molar-refractivity contribution >= 4 is 22.6 Å². The highest BCUT2D eigenvalue weighted by atomic mass is 19.4. The zero-order chi connectivity index (χ0) is 30.7. The predicted octanol–water partition coefficient (Wildman–Crippen LogP) is 6.65. The number of ether oxygens (including phenoxy) is 1. The first-order valence-electron chi connectivity index (χ1n) is 15.1. The molecule has 0 aliphatic carbocycles. The van der Waals surface area contributed by atoms with E-state index in [0.29, 0.717) is 39.1 Å². The number of piperazine rings is 1. The van der Waals surface area contributed by atoms with Crippen LogP contribution in [0.25, 0.3) is 10.8 Å². The van der Waals surface area contributed by atoms with E-state index in [2.05, 4.69) is 47.7 Å². The van der Waals surface area contributed by atoms with Crippen LogP contribution in [0, 0.1) is 11.8 Å². The molecule has 0 N–H and O–H groups in total. The molecule has 1 unspecified atom stereocenters. The molecule has 2 aliphatic rings. The van der Waals surface area contributed by atoms with Crippen LogP contribution in [-0.2, 0) is 9.59 Å². The number of alkyl halides is 3. The molecule has 0 radical (unpaired) electrons. The molecule has 230 valence electrons. The van der Waals surface area contributed by atoms with Crippen LogP contribution in [-0.4, -0.2) is 71.6 Å². The number of halogens is 3. The third kappa shape index (κ3) is 7.32. The van der Waals surface area contributed by atoms with E-state index in [-0.39, 0.29) is 41.5 Å². The van der Waals surface area contributed by atoms with Gasteiger partial charge in [0.05, 0.1) is 6.04 Å². The van der Waals surface area contributed by atoms with Gasteiger partial charge in [0, 0.05) is 52.1 Å². The highest BCUT2D eigenvalue weighted by molar-refractivity contribution is 5.86. The van der Waals surface area contributed by atoms with Crippen LogP contribution in [0.15, 0.2) is 66.7 Å². The molecule has 43 heavy (non-hydrogen) atoms. The summed E-state index contributed by atoms with van der Waals surface area (Å²) in [5.74, 6) is 0.480. The summed E-state index contributed by atoms with van der Waals surface area (Å²) in [6, 6.07) is 20.2. The van der Waals surface area contributed by atoms with E-state index in [1.54, 1.807) is 19.1 Å². The van der Waals surface area contributed by atoms with E-state index in [1.165, 1.54) is 12.1 Å². The molecule has 5 rings (SSSR count). The Morgan fingerprint density at radius 3 is 2.23 bits per heavy atom. The van der Waals surface area contributed by atoms with Gasteiger partial charge in [-0.15, -0.1) is 13.2 Å². The summed E-state index contributed by atoms with van der Waals surface area (Å²) < 4.78 is 42.8. The molecule has 2 atom stereocenters.